The third-order valence-corrected chi connectivity index (χ3v) is 3.88. The van der Waals surface area contributed by atoms with Gasteiger partial charge in [-0.1, -0.05) is 45.6 Å². The summed E-state index contributed by atoms with van der Waals surface area (Å²) in [6, 6.07) is 1.12. The van der Waals surface area contributed by atoms with E-state index in [9.17, 15) is 4.79 Å². The van der Waals surface area contributed by atoms with E-state index in [-0.39, 0.29) is 11.2 Å². The molecule has 14 heavy (non-hydrogen) atoms. The Hall–Kier alpha value is -0.373. The van der Waals surface area contributed by atoms with E-state index in [1.807, 2.05) is 0 Å². The first-order valence-corrected chi connectivity index (χ1v) is 8.93. The molecule has 1 nitrogen and oxygen atoms in total. The standard InChI is InChI=1S/C12H24OSi/c1-10(9-14(5,6)7)12(3,4)8-11(2)13/h1,8-9H2,2-7H3. The van der Waals surface area contributed by atoms with Crippen LogP contribution in [0.2, 0.25) is 25.7 Å². The van der Waals surface area contributed by atoms with Crippen molar-refractivity contribution in [3.8, 4) is 0 Å². The Kier molecular flexibility index (Phi) is 4.31. The monoisotopic (exact) mass is 212 g/mol. The molecule has 0 heterocycles. The number of carbonyl (C=O) groups is 1. The van der Waals surface area contributed by atoms with Crippen molar-refractivity contribution in [2.24, 2.45) is 5.41 Å². The number of Topliss-reactive ketones (excluding diaryl/α,β-unsaturated/α-hetero) is 1. The summed E-state index contributed by atoms with van der Waals surface area (Å²) in [5.41, 5.74) is 1.22. The Morgan fingerprint density at radius 2 is 1.71 bits per heavy atom. The summed E-state index contributed by atoms with van der Waals surface area (Å²) in [4.78, 5) is 11.1. The predicted molar refractivity (Wildman–Crippen MR) is 66.4 cm³/mol. The molecule has 0 aromatic carbocycles. The third kappa shape index (κ3) is 5.38. The molecular formula is C12H24OSi. The number of hydrogen-bond donors (Lipinski definition) is 0. The quantitative estimate of drug-likeness (QED) is 0.499. The van der Waals surface area contributed by atoms with Crippen LogP contribution in [-0.4, -0.2) is 13.9 Å². The highest BCUT2D eigenvalue weighted by molar-refractivity contribution is 6.76. The summed E-state index contributed by atoms with van der Waals surface area (Å²) >= 11 is 0. The molecule has 82 valence electrons. The zero-order chi connectivity index (χ0) is 11.6. The van der Waals surface area contributed by atoms with Crippen molar-refractivity contribution in [2.45, 2.75) is 52.9 Å². The van der Waals surface area contributed by atoms with E-state index < -0.39 is 8.07 Å². The maximum Gasteiger partial charge on any atom is 0.130 e. The van der Waals surface area contributed by atoms with Crippen LogP contribution in [0.4, 0.5) is 0 Å². The van der Waals surface area contributed by atoms with Crippen LogP contribution in [0.15, 0.2) is 12.2 Å². The molecule has 0 spiro atoms. The summed E-state index contributed by atoms with van der Waals surface area (Å²) in [5, 5.41) is 0. The van der Waals surface area contributed by atoms with Gasteiger partial charge in [-0.15, -0.1) is 0 Å². The van der Waals surface area contributed by atoms with Crippen molar-refractivity contribution < 1.29 is 4.79 Å². The highest BCUT2D eigenvalue weighted by Gasteiger charge is 2.27. The van der Waals surface area contributed by atoms with Gasteiger partial charge in [0.1, 0.15) is 5.78 Å². The van der Waals surface area contributed by atoms with Gasteiger partial charge in [0.15, 0.2) is 0 Å². The molecule has 0 aromatic rings. The summed E-state index contributed by atoms with van der Waals surface area (Å²) in [7, 11) is -1.09. The fourth-order valence-corrected chi connectivity index (χ4v) is 3.39. The van der Waals surface area contributed by atoms with Gasteiger partial charge in [0.05, 0.1) is 0 Å². The van der Waals surface area contributed by atoms with Crippen LogP contribution < -0.4 is 0 Å². The molecule has 0 amide bonds. The van der Waals surface area contributed by atoms with Gasteiger partial charge < -0.3 is 0 Å². The third-order valence-electron chi connectivity index (χ3n) is 2.39. The maximum absolute atomic E-state index is 11.1. The zero-order valence-corrected chi connectivity index (χ0v) is 11.5. The first-order valence-electron chi connectivity index (χ1n) is 5.22. The van der Waals surface area contributed by atoms with Crippen LogP contribution in [0.25, 0.3) is 0 Å². The largest absolute Gasteiger partial charge is 0.300 e. The van der Waals surface area contributed by atoms with Crippen molar-refractivity contribution in [2.75, 3.05) is 0 Å². The van der Waals surface area contributed by atoms with E-state index in [1.165, 1.54) is 5.57 Å². The van der Waals surface area contributed by atoms with Crippen LogP contribution in [0.1, 0.15) is 27.2 Å². The number of allylic oxidation sites excluding steroid dienone is 1. The van der Waals surface area contributed by atoms with Crippen molar-refractivity contribution in [3.05, 3.63) is 12.2 Å². The lowest BCUT2D eigenvalue weighted by atomic mass is 9.81. The van der Waals surface area contributed by atoms with E-state index in [0.717, 1.165) is 6.04 Å². The second-order valence-electron chi connectivity index (χ2n) is 6.10. The van der Waals surface area contributed by atoms with Gasteiger partial charge in [0.25, 0.3) is 0 Å². The molecule has 0 N–H and O–H groups in total. The summed E-state index contributed by atoms with van der Waals surface area (Å²) < 4.78 is 0. The second kappa shape index (κ2) is 4.43. The molecule has 0 fully saturated rings. The number of rotatable bonds is 5. The summed E-state index contributed by atoms with van der Waals surface area (Å²) in [6.07, 6.45) is 0.621. The molecule has 0 aliphatic carbocycles. The zero-order valence-electron chi connectivity index (χ0n) is 10.5. The normalized spacial score (nSPS) is 12.7. The molecule has 0 saturated heterocycles. The van der Waals surface area contributed by atoms with Crippen molar-refractivity contribution in [3.63, 3.8) is 0 Å². The number of hydrogen-bond acceptors (Lipinski definition) is 1. The van der Waals surface area contributed by atoms with Crippen LogP contribution >= 0.6 is 0 Å². The SMILES string of the molecule is C=C(C[Si](C)(C)C)C(C)(C)CC(C)=O. The highest BCUT2D eigenvalue weighted by Crippen LogP contribution is 2.34. The van der Waals surface area contributed by atoms with Gasteiger partial charge >= 0.3 is 0 Å². The van der Waals surface area contributed by atoms with Gasteiger partial charge in [-0.3, -0.25) is 4.79 Å². The van der Waals surface area contributed by atoms with Crippen LogP contribution in [0, 0.1) is 5.41 Å². The van der Waals surface area contributed by atoms with Crippen molar-refractivity contribution >= 4 is 13.9 Å². The van der Waals surface area contributed by atoms with E-state index in [4.69, 9.17) is 0 Å². The molecule has 0 rings (SSSR count). The second-order valence-corrected chi connectivity index (χ2v) is 11.6. The molecule has 0 atom stereocenters. The molecule has 0 saturated carbocycles. The van der Waals surface area contributed by atoms with E-state index in [0.29, 0.717) is 6.42 Å². The van der Waals surface area contributed by atoms with Gasteiger partial charge in [-0.25, -0.2) is 0 Å². The van der Waals surface area contributed by atoms with E-state index >= 15 is 0 Å². The lowest BCUT2D eigenvalue weighted by Gasteiger charge is -2.30. The molecular weight excluding hydrogens is 188 g/mol. The van der Waals surface area contributed by atoms with Gasteiger partial charge in [-0.05, 0) is 18.4 Å². The molecule has 0 aromatic heterocycles. The molecule has 0 bridgehead atoms. The average molecular weight is 212 g/mol. The minimum Gasteiger partial charge on any atom is -0.300 e. The maximum atomic E-state index is 11.1. The Morgan fingerprint density at radius 1 is 1.29 bits per heavy atom. The Labute approximate surface area is 89.6 Å². The van der Waals surface area contributed by atoms with Gasteiger partial charge in [0.2, 0.25) is 0 Å². The van der Waals surface area contributed by atoms with Crippen LogP contribution in [0.3, 0.4) is 0 Å². The minimum absolute atomic E-state index is 0.0217. The van der Waals surface area contributed by atoms with E-state index in [2.05, 4.69) is 40.1 Å². The van der Waals surface area contributed by atoms with Gasteiger partial charge in [0, 0.05) is 14.5 Å². The minimum atomic E-state index is -1.09. The Balaban J connectivity index is 4.44. The number of carbonyl (C=O) groups excluding carboxylic acids is 1. The topological polar surface area (TPSA) is 17.1 Å². The Bertz CT molecular complexity index is 233. The first kappa shape index (κ1) is 13.6. The lowest BCUT2D eigenvalue weighted by molar-refractivity contribution is -0.118. The van der Waals surface area contributed by atoms with Crippen LogP contribution in [0.5, 0.6) is 0 Å². The smallest absolute Gasteiger partial charge is 0.130 e. The highest BCUT2D eigenvalue weighted by atomic mass is 28.3. The number of ketones is 1. The summed E-state index contributed by atoms with van der Waals surface area (Å²) in [6.45, 7) is 17.1. The van der Waals surface area contributed by atoms with Crippen molar-refractivity contribution in [1.29, 1.82) is 0 Å². The molecule has 0 radical (unpaired) electrons. The molecule has 0 aliphatic heterocycles. The lowest BCUT2D eigenvalue weighted by Crippen LogP contribution is -2.26. The average Bonchev–Trinajstić information content (AvgIpc) is 1.79. The Morgan fingerprint density at radius 3 is 2.00 bits per heavy atom. The van der Waals surface area contributed by atoms with Gasteiger partial charge in [-0.2, -0.15) is 0 Å². The fraction of sp³-hybridized carbons (Fsp3) is 0.750. The van der Waals surface area contributed by atoms with Crippen molar-refractivity contribution in [1.82, 2.24) is 0 Å². The van der Waals surface area contributed by atoms with Crippen LogP contribution in [-0.2, 0) is 4.79 Å². The first-order chi connectivity index (χ1) is 6.04. The molecule has 0 aliphatic rings. The molecule has 0 unspecified atom stereocenters. The molecule has 2 heteroatoms. The summed E-state index contributed by atoms with van der Waals surface area (Å²) in [5.74, 6) is 0.256. The fourth-order valence-electron chi connectivity index (χ4n) is 1.63. The predicted octanol–water partition coefficient (Wildman–Crippen LogP) is 3.89. The van der Waals surface area contributed by atoms with E-state index in [1.54, 1.807) is 6.92 Å².